The van der Waals surface area contributed by atoms with Crippen LogP contribution in [0.15, 0.2) is 53.1 Å². The predicted octanol–water partition coefficient (Wildman–Crippen LogP) is 2.88. The molecule has 0 unspecified atom stereocenters. The highest BCUT2D eigenvalue weighted by Crippen LogP contribution is 2.18. The van der Waals surface area contributed by atoms with Crippen LogP contribution in [0.2, 0.25) is 5.02 Å². The van der Waals surface area contributed by atoms with Gasteiger partial charge in [-0.15, -0.1) is 0 Å². The Labute approximate surface area is 148 Å². The molecule has 0 bridgehead atoms. The molecular weight excluding hydrogens is 344 g/mol. The van der Waals surface area contributed by atoms with E-state index in [1.807, 2.05) is 24.3 Å². The van der Waals surface area contributed by atoms with Crippen molar-refractivity contribution in [2.24, 2.45) is 0 Å². The van der Waals surface area contributed by atoms with Crippen LogP contribution in [0.25, 0.3) is 11.0 Å². The molecule has 0 atom stereocenters. The lowest BCUT2D eigenvalue weighted by Gasteiger charge is -2.06. The van der Waals surface area contributed by atoms with Crippen molar-refractivity contribution in [3.63, 3.8) is 0 Å². The number of nitrogens with one attached hydrogen (secondary N) is 1. The van der Waals surface area contributed by atoms with Gasteiger partial charge in [0, 0.05) is 17.0 Å². The zero-order chi connectivity index (χ0) is 17.6. The van der Waals surface area contributed by atoms with Crippen molar-refractivity contribution in [3.8, 4) is 0 Å². The third-order valence-electron chi connectivity index (χ3n) is 3.51. The highest BCUT2D eigenvalue weighted by Gasteiger charge is 2.14. The highest BCUT2D eigenvalue weighted by molar-refractivity contribution is 6.30. The molecule has 2 aromatic carbocycles. The molecule has 0 radical (unpaired) electrons. The molecule has 0 aliphatic heterocycles. The fourth-order valence-electron chi connectivity index (χ4n) is 2.30. The summed E-state index contributed by atoms with van der Waals surface area (Å²) in [5.74, 6) is -0.935. The quantitative estimate of drug-likeness (QED) is 0.685. The van der Waals surface area contributed by atoms with Gasteiger partial charge in [0.2, 0.25) is 0 Å². The normalized spacial score (nSPS) is 10.6. The van der Waals surface area contributed by atoms with Gasteiger partial charge in [-0.2, -0.15) is 0 Å². The number of rotatable bonds is 6. The standard InChI is InChI=1S/C18H15ClN2O4/c19-13-5-3-4-12(8-13)10-20-17(22)11-24-18(23)9-15-14-6-1-2-7-16(14)25-21-15/h1-8H,9-11H2,(H,20,22). The van der Waals surface area contributed by atoms with Crippen molar-refractivity contribution in [3.05, 3.63) is 64.8 Å². The molecule has 128 valence electrons. The first-order valence-corrected chi connectivity index (χ1v) is 7.99. The average Bonchev–Trinajstić information content (AvgIpc) is 3.01. The lowest BCUT2D eigenvalue weighted by atomic mass is 10.2. The molecule has 0 aliphatic carbocycles. The van der Waals surface area contributed by atoms with Crippen LogP contribution in [0.1, 0.15) is 11.3 Å². The number of ether oxygens (including phenoxy) is 1. The van der Waals surface area contributed by atoms with Gasteiger partial charge in [0.05, 0.1) is 6.42 Å². The van der Waals surface area contributed by atoms with Gasteiger partial charge in [-0.1, -0.05) is 41.0 Å². The minimum atomic E-state index is -0.544. The second-order valence-electron chi connectivity index (χ2n) is 5.37. The van der Waals surface area contributed by atoms with Crippen LogP contribution < -0.4 is 5.32 Å². The SMILES string of the molecule is O=C(COC(=O)Cc1noc2ccccc12)NCc1cccc(Cl)c1. The highest BCUT2D eigenvalue weighted by atomic mass is 35.5. The predicted molar refractivity (Wildman–Crippen MR) is 92.0 cm³/mol. The van der Waals surface area contributed by atoms with E-state index < -0.39 is 11.9 Å². The summed E-state index contributed by atoms with van der Waals surface area (Å²) >= 11 is 5.88. The number of amides is 1. The van der Waals surface area contributed by atoms with Gasteiger partial charge in [-0.05, 0) is 29.8 Å². The van der Waals surface area contributed by atoms with Gasteiger partial charge in [-0.25, -0.2) is 0 Å². The number of carbonyl (C=O) groups is 2. The van der Waals surface area contributed by atoms with Crippen molar-refractivity contribution >= 4 is 34.4 Å². The van der Waals surface area contributed by atoms with E-state index in [0.29, 0.717) is 22.8 Å². The third-order valence-corrected chi connectivity index (χ3v) is 3.74. The van der Waals surface area contributed by atoms with E-state index in [9.17, 15) is 9.59 Å². The summed E-state index contributed by atoms with van der Waals surface area (Å²) in [5.41, 5.74) is 1.95. The average molecular weight is 359 g/mol. The Morgan fingerprint density at radius 1 is 1.16 bits per heavy atom. The van der Waals surface area contributed by atoms with Crippen LogP contribution in [-0.2, 0) is 27.3 Å². The Hall–Kier alpha value is -2.86. The van der Waals surface area contributed by atoms with Crippen LogP contribution in [0.4, 0.5) is 0 Å². The molecule has 0 spiro atoms. The molecule has 0 fully saturated rings. The summed E-state index contributed by atoms with van der Waals surface area (Å²) < 4.78 is 10.1. The Balaban J connectivity index is 1.46. The summed E-state index contributed by atoms with van der Waals surface area (Å²) in [6.07, 6.45) is -0.0570. The van der Waals surface area contributed by atoms with Crippen LogP contribution in [0.3, 0.4) is 0 Å². The van der Waals surface area contributed by atoms with Crippen molar-refractivity contribution in [1.82, 2.24) is 10.5 Å². The van der Waals surface area contributed by atoms with E-state index in [4.69, 9.17) is 20.9 Å². The minimum Gasteiger partial charge on any atom is -0.455 e. The van der Waals surface area contributed by atoms with Crippen molar-refractivity contribution in [1.29, 1.82) is 0 Å². The zero-order valence-corrected chi connectivity index (χ0v) is 14.0. The molecule has 1 heterocycles. The molecule has 7 heteroatoms. The van der Waals surface area contributed by atoms with E-state index in [1.54, 1.807) is 24.3 Å². The van der Waals surface area contributed by atoms with E-state index in [0.717, 1.165) is 10.9 Å². The molecule has 25 heavy (non-hydrogen) atoms. The first-order valence-electron chi connectivity index (χ1n) is 7.62. The van der Waals surface area contributed by atoms with E-state index >= 15 is 0 Å². The molecule has 1 amide bonds. The lowest BCUT2D eigenvalue weighted by Crippen LogP contribution is -2.28. The summed E-state index contributed by atoms with van der Waals surface area (Å²) in [6.45, 7) is -0.0416. The number of halogens is 1. The number of aromatic nitrogens is 1. The maximum absolute atomic E-state index is 11.9. The molecular formula is C18H15ClN2O4. The molecule has 0 saturated heterocycles. The largest absolute Gasteiger partial charge is 0.455 e. The molecule has 1 N–H and O–H groups in total. The monoisotopic (exact) mass is 358 g/mol. The van der Waals surface area contributed by atoms with Gasteiger partial charge in [-0.3, -0.25) is 9.59 Å². The van der Waals surface area contributed by atoms with Gasteiger partial charge in [0.15, 0.2) is 12.2 Å². The molecule has 0 saturated carbocycles. The summed E-state index contributed by atoms with van der Waals surface area (Å²) in [4.78, 5) is 23.6. The molecule has 1 aromatic heterocycles. The number of esters is 1. The number of hydrogen-bond acceptors (Lipinski definition) is 5. The molecule has 6 nitrogen and oxygen atoms in total. The topological polar surface area (TPSA) is 81.4 Å². The zero-order valence-electron chi connectivity index (χ0n) is 13.2. The first kappa shape index (κ1) is 17.0. The fraction of sp³-hybridized carbons (Fsp3) is 0.167. The second-order valence-corrected chi connectivity index (χ2v) is 5.81. The van der Waals surface area contributed by atoms with Gasteiger partial charge in [0.25, 0.3) is 5.91 Å². The number of nitrogens with zero attached hydrogens (tertiary/aromatic N) is 1. The number of fused-ring (bicyclic) bond motifs is 1. The lowest BCUT2D eigenvalue weighted by molar-refractivity contribution is -0.148. The number of benzene rings is 2. The molecule has 0 aliphatic rings. The molecule has 3 aromatic rings. The van der Waals surface area contributed by atoms with Gasteiger partial charge >= 0.3 is 5.97 Å². The van der Waals surface area contributed by atoms with E-state index in [-0.39, 0.29) is 13.0 Å². The Bertz CT molecular complexity index is 907. The summed E-state index contributed by atoms with van der Waals surface area (Å²) in [6, 6.07) is 14.4. The number of carbonyl (C=O) groups excluding carboxylic acids is 2. The Morgan fingerprint density at radius 2 is 2.00 bits per heavy atom. The summed E-state index contributed by atoms with van der Waals surface area (Å²) in [5, 5.41) is 7.87. The maximum atomic E-state index is 11.9. The van der Waals surface area contributed by atoms with Crippen LogP contribution in [0.5, 0.6) is 0 Å². The Morgan fingerprint density at radius 3 is 2.84 bits per heavy atom. The van der Waals surface area contributed by atoms with Crippen LogP contribution >= 0.6 is 11.6 Å². The number of hydrogen-bond donors (Lipinski definition) is 1. The Kier molecular flexibility index (Phi) is 5.30. The van der Waals surface area contributed by atoms with Gasteiger partial charge < -0.3 is 14.6 Å². The fourth-order valence-corrected chi connectivity index (χ4v) is 2.51. The number of para-hydroxylation sites is 1. The van der Waals surface area contributed by atoms with Gasteiger partial charge in [0.1, 0.15) is 5.69 Å². The van der Waals surface area contributed by atoms with Crippen LogP contribution in [0, 0.1) is 0 Å². The maximum Gasteiger partial charge on any atom is 0.312 e. The van der Waals surface area contributed by atoms with Crippen molar-refractivity contribution in [2.45, 2.75) is 13.0 Å². The van der Waals surface area contributed by atoms with E-state index in [1.165, 1.54) is 0 Å². The first-order chi connectivity index (χ1) is 12.1. The summed E-state index contributed by atoms with van der Waals surface area (Å²) in [7, 11) is 0. The smallest absolute Gasteiger partial charge is 0.312 e. The van der Waals surface area contributed by atoms with Crippen LogP contribution in [-0.4, -0.2) is 23.6 Å². The second kappa shape index (κ2) is 7.81. The molecule has 3 rings (SSSR count). The van der Waals surface area contributed by atoms with E-state index in [2.05, 4.69) is 10.5 Å². The third kappa shape index (κ3) is 4.58. The minimum absolute atomic E-state index is 0.0570. The van der Waals surface area contributed by atoms with Crippen molar-refractivity contribution < 1.29 is 18.8 Å². The van der Waals surface area contributed by atoms with Crippen molar-refractivity contribution in [2.75, 3.05) is 6.61 Å².